The van der Waals surface area contributed by atoms with Crippen LogP contribution in [0.4, 0.5) is 0 Å². The quantitative estimate of drug-likeness (QED) is 0.310. The molecule has 3 fully saturated rings. The molecule has 0 saturated heterocycles. The van der Waals surface area contributed by atoms with Gasteiger partial charge in [0.15, 0.2) is 0 Å². The summed E-state index contributed by atoms with van der Waals surface area (Å²) in [7, 11) is 0. The molecule has 0 radical (unpaired) electrons. The van der Waals surface area contributed by atoms with Crippen molar-refractivity contribution in [1.82, 2.24) is 0 Å². The zero-order valence-electron chi connectivity index (χ0n) is 22.3. The molecular formula is C28H40O8. The molecule has 0 amide bonds. The van der Waals surface area contributed by atoms with E-state index in [-0.39, 0.29) is 59.3 Å². The minimum absolute atomic E-state index is 0.0669. The summed E-state index contributed by atoms with van der Waals surface area (Å²) in [6, 6.07) is 0. The lowest BCUT2D eigenvalue weighted by Crippen LogP contribution is -2.61. The van der Waals surface area contributed by atoms with Crippen LogP contribution in [0.5, 0.6) is 0 Å². The van der Waals surface area contributed by atoms with E-state index in [2.05, 4.69) is 19.9 Å². The molecular weight excluding hydrogens is 464 g/mol. The van der Waals surface area contributed by atoms with Gasteiger partial charge in [0.2, 0.25) is 0 Å². The van der Waals surface area contributed by atoms with Crippen LogP contribution >= 0.6 is 0 Å². The van der Waals surface area contributed by atoms with E-state index in [1.54, 1.807) is 6.92 Å². The molecule has 0 spiro atoms. The molecule has 4 aliphatic carbocycles. The monoisotopic (exact) mass is 504 g/mol. The van der Waals surface area contributed by atoms with Crippen molar-refractivity contribution < 1.29 is 38.1 Å². The molecule has 4 rings (SSSR count). The highest BCUT2D eigenvalue weighted by molar-refractivity contribution is 5.69. The van der Waals surface area contributed by atoms with E-state index in [4.69, 9.17) is 18.9 Å². The third-order valence-electron chi connectivity index (χ3n) is 9.41. The Hall–Kier alpha value is -2.38. The largest absolute Gasteiger partial charge is 0.462 e. The SMILES string of the molecule is CCC(=O)OC1CC[C@H]2C3C(OC(C)=O)C=C4CC(OC(C)=O)CCC4(C)C3[C@H](OC(C)=O)CC12C. The molecule has 0 heterocycles. The lowest BCUT2D eigenvalue weighted by Gasteiger charge is -2.61. The first-order valence-electron chi connectivity index (χ1n) is 13.3. The first kappa shape index (κ1) is 26.7. The summed E-state index contributed by atoms with van der Waals surface area (Å²) in [5.74, 6) is -1.27. The molecule has 0 bridgehead atoms. The van der Waals surface area contributed by atoms with Crippen LogP contribution in [0.3, 0.4) is 0 Å². The predicted molar refractivity (Wildman–Crippen MR) is 129 cm³/mol. The Morgan fingerprint density at radius 3 is 2.19 bits per heavy atom. The van der Waals surface area contributed by atoms with Gasteiger partial charge in [0, 0.05) is 50.9 Å². The average molecular weight is 505 g/mol. The van der Waals surface area contributed by atoms with Gasteiger partial charge in [0.1, 0.15) is 24.4 Å². The molecule has 0 N–H and O–H groups in total. The molecule has 0 aliphatic heterocycles. The maximum Gasteiger partial charge on any atom is 0.305 e. The zero-order chi connectivity index (χ0) is 26.4. The van der Waals surface area contributed by atoms with E-state index >= 15 is 0 Å². The minimum Gasteiger partial charge on any atom is -0.462 e. The highest BCUT2D eigenvalue weighted by Crippen LogP contribution is 2.66. The number of carbonyl (C=O) groups excluding carboxylic acids is 4. The van der Waals surface area contributed by atoms with E-state index in [1.165, 1.54) is 20.8 Å². The van der Waals surface area contributed by atoms with Crippen molar-refractivity contribution in [1.29, 1.82) is 0 Å². The summed E-state index contributed by atoms with van der Waals surface area (Å²) in [6.45, 7) is 10.4. The van der Waals surface area contributed by atoms with Gasteiger partial charge in [-0.1, -0.05) is 26.3 Å². The van der Waals surface area contributed by atoms with Crippen LogP contribution < -0.4 is 0 Å². The lowest BCUT2D eigenvalue weighted by molar-refractivity contribution is -0.199. The van der Waals surface area contributed by atoms with E-state index in [1.807, 2.05) is 0 Å². The van der Waals surface area contributed by atoms with Crippen LogP contribution in [-0.2, 0) is 38.1 Å². The molecule has 7 unspecified atom stereocenters. The summed E-state index contributed by atoms with van der Waals surface area (Å²) in [5, 5.41) is 0. The van der Waals surface area contributed by atoms with Gasteiger partial charge in [0.25, 0.3) is 0 Å². The number of hydrogen-bond acceptors (Lipinski definition) is 8. The number of esters is 4. The minimum atomic E-state index is -0.491. The molecule has 200 valence electrons. The van der Waals surface area contributed by atoms with Crippen molar-refractivity contribution >= 4 is 23.9 Å². The number of fused-ring (bicyclic) bond motifs is 5. The summed E-state index contributed by atoms with van der Waals surface area (Å²) >= 11 is 0. The van der Waals surface area contributed by atoms with Gasteiger partial charge in [-0.05, 0) is 49.5 Å². The third-order valence-corrected chi connectivity index (χ3v) is 9.41. The number of rotatable bonds is 5. The second-order valence-electron chi connectivity index (χ2n) is 11.6. The molecule has 8 heteroatoms. The normalized spacial score (nSPS) is 41.1. The van der Waals surface area contributed by atoms with Gasteiger partial charge < -0.3 is 18.9 Å². The molecule has 9 atom stereocenters. The van der Waals surface area contributed by atoms with Crippen molar-refractivity contribution in [3.05, 3.63) is 11.6 Å². The Kier molecular flexibility index (Phi) is 7.28. The average Bonchev–Trinajstić information content (AvgIpc) is 3.08. The molecule has 3 saturated carbocycles. The third kappa shape index (κ3) is 4.68. The number of carbonyl (C=O) groups is 4. The Labute approximate surface area is 213 Å². The highest BCUT2D eigenvalue weighted by atomic mass is 16.6. The first-order chi connectivity index (χ1) is 16.9. The van der Waals surface area contributed by atoms with Crippen molar-refractivity contribution in [2.75, 3.05) is 0 Å². The molecule has 4 aliphatic rings. The summed E-state index contributed by atoms with van der Waals surface area (Å²) in [4.78, 5) is 48.5. The second-order valence-corrected chi connectivity index (χ2v) is 11.6. The Bertz CT molecular complexity index is 955. The van der Waals surface area contributed by atoms with Crippen LogP contribution in [-0.4, -0.2) is 48.3 Å². The Balaban J connectivity index is 1.78. The molecule has 36 heavy (non-hydrogen) atoms. The van der Waals surface area contributed by atoms with E-state index in [0.717, 1.165) is 31.3 Å². The molecule has 0 aromatic heterocycles. The van der Waals surface area contributed by atoms with Crippen molar-refractivity contribution in [3.8, 4) is 0 Å². The summed E-state index contributed by atoms with van der Waals surface area (Å²) in [6.07, 6.45) is 5.22. The fraction of sp³-hybridized carbons (Fsp3) is 0.786. The van der Waals surface area contributed by atoms with Gasteiger partial charge in [-0.3, -0.25) is 19.2 Å². The van der Waals surface area contributed by atoms with E-state index < -0.39 is 17.6 Å². The topological polar surface area (TPSA) is 105 Å². The van der Waals surface area contributed by atoms with Gasteiger partial charge in [-0.2, -0.15) is 0 Å². The predicted octanol–water partition coefficient (Wildman–Crippen LogP) is 4.29. The second kappa shape index (κ2) is 9.82. The number of ether oxygens (including phenoxy) is 4. The molecule has 0 aromatic carbocycles. The highest BCUT2D eigenvalue weighted by Gasteiger charge is 2.66. The van der Waals surface area contributed by atoms with E-state index in [0.29, 0.717) is 19.3 Å². The van der Waals surface area contributed by atoms with Crippen LogP contribution in [0.15, 0.2) is 11.6 Å². The fourth-order valence-electron chi connectivity index (χ4n) is 8.02. The van der Waals surface area contributed by atoms with E-state index in [9.17, 15) is 19.2 Å². The fourth-order valence-corrected chi connectivity index (χ4v) is 8.02. The standard InChI is InChI=1S/C28H40O8/c1-7-24(32)36-23-9-8-20-25-21(34-16(3)30)13-18-12-19(33-15(2)29)10-11-27(18,5)26(25)22(35-17(4)31)14-28(20,23)6/h13,19-23,25-26H,7-12,14H2,1-6H3/t19?,20-,21?,22+,23?,25?,26?,27?,28?/m0/s1. The smallest absolute Gasteiger partial charge is 0.305 e. The van der Waals surface area contributed by atoms with Crippen molar-refractivity contribution in [2.24, 2.45) is 28.6 Å². The van der Waals surface area contributed by atoms with Gasteiger partial charge >= 0.3 is 23.9 Å². The maximum absolute atomic E-state index is 12.3. The van der Waals surface area contributed by atoms with Crippen LogP contribution in [0.1, 0.15) is 86.5 Å². The first-order valence-corrected chi connectivity index (χ1v) is 13.3. The van der Waals surface area contributed by atoms with Crippen LogP contribution in [0.2, 0.25) is 0 Å². The Morgan fingerprint density at radius 2 is 1.58 bits per heavy atom. The van der Waals surface area contributed by atoms with Gasteiger partial charge in [-0.15, -0.1) is 0 Å². The summed E-state index contributed by atoms with van der Waals surface area (Å²) < 4.78 is 23.5. The molecule has 8 nitrogen and oxygen atoms in total. The summed E-state index contributed by atoms with van der Waals surface area (Å²) in [5.41, 5.74) is 0.402. The lowest BCUT2D eigenvalue weighted by atomic mass is 9.46. The Morgan fingerprint density at radius 1 is 0.917 bits per heavy atom. The van der Waals surface area contributed by atoms with Gasteiger partial charge in [-0.25, -0.2) is 0 Å². The maximum atomic E-state index is 12.3. The number of hydrogen-bond donors (Lipinski definition) is 0. The van der Waals surface area contributed by atoms with Crippen LogP contribution in [0.25, 0.3) is 0 Å². The van der Waals surface area contributed by atoms with Crippen LogP contribution in [0, 0.1) is 28.6 Å². The zero-order valence-corrected chi connectivity index (χ0v) is 22.3. The van der Waals surface area contributed by atoms with Gasteiger partial charge in [0.05, 0.1) is 0 Å². The van der Waals surface area contributed by atoms with Crippen molar-refractivity contribution in [2.45, 2.75) is 111 Å². The molecule has 0 aromatic rings. The van der Waals surface area contributed by atoms with Crippen molar-refractivity contribution in [3.63, 3.8) is 0 Å².